The number of carbonyl (C=O) groups excluding carboxylic acids is 2. The molecule has 0 aliphatic heterocycles. The predicted octanol–water partition coefficient (Wildman–Crippen LogP) is -0.0767. The molecular weight excluding hydrogens is 328 g/mol. The minimum Gasteiger partial charge on any atom is -0.657 e. The second-order valence-corrected chi connectivity index (χ2v) is 3.72. The summed E-state index contributed by atoms with van der Waals surface area (Å²) in [5.41, 5.74) is 0.0682. The van der Waals surface area contributed by atoms with Gasteiger partial charge in [-0.15, -0.1) is 11.4 Å². The third kappa shape index (κ3) is 4.37. The molecule has 7 heteroatoms. The standard InChI is InChI=1S/C14H10NO4.H2O.Zn/c16-13(17)9-5-1-3-7-11(9)15-12-8-4-2-6-10(12)14(18)19;;/h1-8H,(H,16,17)(H,18,19);1H2;/q-1;;+2/p-2. The van der Waals surface area contributed by atoms with Gasteiger partial charge in [0.25, 0.3) is 0 Å². The Labute approximate surface area is 133 Å². The third-order valence-electron chi connectivity index (χ3n) is 2.49. The van der Waals surface area contributed by atoms with Gasteiger partial charge in [0.2, 0.25) is 0 Å². The minimum absolute atomic E-state index is 0. The summed E-state index contributed by atoms with van der Waals surface area (Å²) in [6.45, 7) is 0. The molecule has 0 spiro atoms. The van der Waals surface area contributed by atoms with Crippen LogP contribution < -0.4 is 10.2 Å². The quantitative estimate of drug-likeness (QED) is 0.723. The fourth-order valence-corrected chi connectivity index (χ4v) is 1.62. The molecule has 0 bridgehead atoms. The van der Waals surface area contributed by atoms with Crippen LogP contribution in [0.5, 0.6) is 0 Å². The first-order chi connectivity index (χ1) is 9.09. The summed E-state index contributed by atoms with van der Waals surface area (Å²) >= 11 is 0. The van der Waals surface area contributed by atoms with Crippen LogP contribution in [0.3, 0.4) is 0 Å². The van der Waals surface area contributed by atoms with Crippen LogP contribution in [0, 0.1) is 0 Å². The summed E-state index contributed by atoms with van der Waals surface area (Å²) in [6.07, 6.45) is 0. The first-order valence-electron chi connectivity index (χ1n) is 5.42. The fraction of sp³-hybridized carbons (Fsp3) is 0. The average molecular weight is 338 g/mol. The van der Waals surface area contributed by atoms with Gasteiger partial charge < -0.3 is 30.6 Å². The number of carboxylic acid groups (broad SMARTS) is 2. The molecule has 2 aromatic carbocycles. The van der Waals surface area contributed by atoms with Crippen LogP contribution in [-0.4, -0.2) is 17.4 Å². The first kappa shape index (κ1) is 18.8. The van der Waals surface area contributed by atoms with Crippen molar-refractivity contribution < 1.29 is 44.8 Å². The van der Waals surface area contributed by atoms with E-state index < -0.39 is 11.9 Å². The van der Waals surface area contributed by atoms with Crippen LogP contribution in [0.1, 0.15) is 20.7 Å². The van der Waals surface area contributed by atoms with Crippen molar-refractivity contribution in [1.82, 2.24) is 0 Å². The molecule has 6 nitrogen and oxygen atoms in total. The normalized spacial score (nSPS) is 8.95. The van der Waals surface area contributed by atoms with Crippen molar-refractivity contribution in [2.75, 3.05) is 0 Å². The average Bonchev–Trinajstić information content (AvgIpc) is 2.39. The van der Waals surface area contributed by atoms with Crippen molar-refractivity contribution in [2.24, 2.45) is 0 Å². The molecule has 0 atom stereocenters. The second-order valence-electron chi connectivity index (χ2n) is 3.72. The number of rotatable bonds is 4. The molecule has 0 aliphatic rings. The Hall–Kier alpha value is -2.24. The van der Waals surface area contributed by atoms with Crippen molar-refractivity contribution in [2.45, 2.75) is 0 Å². The molecule has 0 saturated carbocycles. The minimum atomic E-state index is -1.37. The van der Waals surface area contributed by atoms with E-state index >= 15 is 0 Å². The number of aromatic carboxylic acids is 2. The number of benzene rings is 2. The van der Waals surface area contributed by atoms with Crippen molar-refractivity contribution in [3.05, 3.63) is 65.0 Å². The number of carboxylic acids is 2. The largest absolute Gasteiger partial charge is 2.00 e. The maximum Gasteiger partial charge on any atom is 2.00 e. The van der Waals surface area contributed by atoms with Gasteiger partial charge in [0.15, 0.2) is 0 Å². The van der Waals surface area contributed by atoms with E-state index in [9.17, 15) is 19.8 Å². The van der Waals surface area contributed by atoms with Crippen LogP contribution in [0.4, 0.5) is 11.4 Å². The van der Waals surface area contributed by atoms with Gasteiger partial charge in [-0.1, -0.05) is 48.5 Å². The van der Waals surface area contributed by atoms with Crippen LogP contribution in [0.15, 0.2) is 48.5 Å². The molecule has 2 rings (SSSR count). The zero-order chi connectivity index (χ0) is 13.8. The predicted molar refractivity (Wildman–Crippen MR) is 67.8 cm³/mol. The number of nitrogens with zero attached hydrogens (tertiary/aromatic N) is 1. The third-order valence-corrected chi connectivity index (χ3v) is 2.49. The summed E-state index contributed by atoms with van der Waals surface area (Å²) in [5.74, 6) is -2.74. The van der Waals surface area contributed by atoms with E-state index in [-0.39, 0.29) is 47.5 Å². The SMILES string of the molecule is O.O=C([O-])c1ccccc1[N-]c1ccccc1C(=O)[O-].[Zn+2]. The van der Waals surface area contributed by atoms with Gasteiger partial charge in [-0.3, -0.25) is 0 Å². The Kier molecular flexibility index (Phi) is 7.27. The smallest absolute Gasteiger partial charge is 0.657 e. The maximum absolute atomic E-state index is 10.9. The van der Waals surface area contributed by atoms with Crippen molar-refractivity contribution in [3.8, 4) is 0 Å². The van der Waals surface area contributed by atoms with Gasteiger partial charge in [-0.2, -0.15) is 0 Å². The van der Waals surface area contributed by atoms with Gasteiger partial charge in [-0.05, 0) is 11.1 Å². The van der Waals surface area contributed by atoms with Gasteiger partial charge >= 0.3 is 19.5 Å². The van der Waals surface area contributed by atoms with E-state index in [0.29, 0.717) is 0 Å². The number of carbonyl (C=O) groups is 2. The summed E-state index contributed by atoms with van der Waals surface area (Å²) in [4.78, 5) is 21.9. The first-order valence-corrected chi connectivity index (χ1v) is 5.42. The Bertz CT molecular complexity index is 589. The second kappa shape index (κ2) is 8.14. The summed E-state index contributed by atoms with van der Waals surface area (Å²) < 4.78 is 0. The molecule has 0 radical (unpaired) electrons. The van der Waals surface area contributed by atoms with E-state index in [1.54, 1.807) is 12.1 Å². The zero-order valence-electron chi connectivity index (χ0n) is 10.9. The van der Waals surface area contributed by atoms with Crippen LogP contribution in [-0.2, 0) is 19.5 Å². The summed E-state index contributed by atoms with van der Waals surface area (Å²) in [7, 11) is 0. The molecule has 104 valence electrons. The van der Waals surface area contributed by atoms with Gasteiger partial charge in [-0.25, -0.2) is 0 Å². The van der Waals surface area contributed by atoms with E-state index in [1.807, 2.05) is 0 Å². The van der Waals surface area contributed by atoms with Crippen LogP contribution >= 0.6 is 0 Å². The van der Waals surface area contributed by atoms with Crippen LogP contribution in [0.25, 0.3) is 5.32 Å². The van der Waals surface area contributed by atoms with Crippen LogP contribution in [0.2, 0.25) is 0 Å². The van der Waals surface area contributed by atoms with Gasteiger partial charge in [0.1, 0.15) is 0 Å². The summed E-state index contributed by atoms with van der Waals surface area (Å²) in [5, 5.41) is 25.9. The van der Waals surface area contributed by atoms with Gasteiger partial charge in [0, 0.05) is 0 Å². The summed E-state index contributed by atoms with van der Waals surface area (Å²) in [6, 6.07) is 11.9. The molecular formula is C14H10NO5Zn-. The number of hydrogen-bond acceptors (Lipinski definition) is 4. The van der Waals surface area contributed by atoms with Gasteiger partial charge in [0.05, 0.1) is 11.9 Å². The zero-order valence-corrected chi connectivity index (χ0v) is 13.9. The van der Waals surface area contributed by atoms with E-state index in [1.165, 1.54) is 36.4 Å². The number of hydrogen-bond donors (Lipinski definition) is 0. The van der Waals surface area contributed by atoms with E-state index in [2.05, 4.69) is 5.32 Å². The molecule has 21 heavy (non-hydrogen) atoms. The Morgan fingerprint density at radius 3 is 1.43 bits per heavy atom. The molecule has 0 unspecified atom stereocenters. The maximum atomic E-state index is 10.9. The topological polar surface area (TPSA) is 126 Å². The molecule has 2 aromatic rings. The van der Waals surface area contributed by atoms with Crippen molar-refractivity contribution >= 4 is 23.3 Å². The fourth-order valence-electron chi connectivity index (χ4n) is 1.62. The number of para-hydroxylation sites is 2. The van der Waals surface area contributed by atoms with E-state index in [4.69, 9.17) is 0 Å². The molecule has 0 aliphatic carbocycles. The molecule has 0 aromatic heterocycles. The molecule has 0 amide bonds. The molecule has 0 heterocycles. The Morgan fingerprint density at radius 2 is 1.10 bits per heavy atom. The Balaban J connectivity index is 0.00000200. The van der Waals surface area contributed by atoms with E-state index in [0.717, 1.165) is 0 Å². The monoisotopic (exact) mass is 336 g/mol. The molecule has 0 saturated heterocycles. The van der Waals surface area contributed by atoms with Crippen molar-refractivity contribution in [3.63, 3.8) is 0 Å². The van der Waals surface area contributed by atoms with Crippen molar-refractivity contribution in [1.29, 1.82) is 0 Å². The Morgan fingerprint density at radius 1 is 0.762 bits per heavy atom. The molecule has 0 fully saturated rings. The molecule has 2 N–H and O–H groups in total.